The first-order valence-electron chi connectivity index (χ1n) is 7.65. The molecule has 0 saturated carbocycles. The summed E-state index contributed by atoms with van der Waals surface area (Å²) in [6, 6.07) is 6.79. The average molecular weight is 322 g/mol. The summed E-state index contributed by atoms with van der Waals surface area (Å²) in [7, 11) is 1.60. The van der Waals surface area contributed by atoms with Gasteiger partial charge in [0.25, 0.3) is 0 Å². The van der Waals surface area contributed by atoms with Crippen LogP contribution in [-0.4, -0.2) is 30.8 Å². The van der Waals surface area contributed by atoms with Crippen molar-refractivity contribution in [2.24, 2.45) is 0 Å². The van der Waals surface area contributed by atoms with Crippen molar-refractivity contribution in [2.75, 3.05) is 7.11 Å². The predicted octanol–water partition coefficient (Wildman–Crippen LogP) is 2.61. The second-order valence-electron chi connectivity index (χ2n) is 6.17. The molecule has 128 valence electrons. The fraction of sp³-hybridized carbons (Fsp3) is 0.529. The van der Waals surface area contributed by atoms with Crippen molar-refractivity contribution >= 4 is 12.0 Å². The van der Waals surface area contributed by atoms with Gasteiger partial charge in [-0.05, 0) is 44.9 Å². The summed E-state index contributed by atoms with van der Waals surface area (Å²) in [5, 5.41) is 5.39. The highest BCUT2D eigenvalue weighted by Crippen LogP contribution is 2.11. The number of amides is 2. The third-order valence-electron chi connectivity index (χ3n) is 3.04. The first kappa shape index (κ1) is 18.8. The SMILES string of the molecule is CC[C@H](NC(=O)OC(C)(C)C)C(=O)NCc1ccc(OC)cc1. The summed E-state index contributed by atoms with van der Waals surface area (Å²) >= 11 is 0. The molecule has 0 aliphatic rings. The Kier molecular flexibility index (Phi) is 6.88. The molecular weight excluding hydrogens is 296 g/mol. The third-order valence-corrected chi connectivity index (χ3v) is 3.04. The van der Waals surface area contributed by atoms with Crippen LogP contribution in [0.5, 0.6) is 5.75 Å². The van der Waals surface area contributed by atoms with Crippen molar-refractivity contribution < 1.29 is 19.1 Å². The first-order chi connectivity index (χ1) is 10.7. The molecule has 0 fully saturated rings. The Bertz CT molecular complexity index is 520. The van der Waals surface area contributed by atoms with Crippen molar-refractivity contribution in [3.8, 4) is 5.75 Å². The van der Waals surface area contributed by atoms with Crippen molar-refractivity contribution in [3.05, 3.63) is 29.8 Å². The van der Waals surface area contributed by atoms with Crippen LogP contribution in [0.2, 0.25) is 0 Å². The molecule has 1 aromatic carbocycles. The van der Waals surface area contributed by atoms with E-state index in [4.69, 9.17) is 9.47 Å². The fourth-order valence-electron chi connectivity index (χ4n) is 1.86. The minimum Gasteiger partial charge on any atom is -0.497 e. The second kappa shape index (κ2) is 8.41. The van der Waals surface area contributed by atoms with Crippen LogP contribution in [0.3, 0.4) is 0 Å². The quantitative estimate of drug-likeness (QED) is 0.844. The van der Waals surface area contributed by atoms with E-state index in [2.05, 4.69) is 10.6 Å². The van der Waals surface area contributed by atoms with Crippen LogP contribution in [-0.2, 0) is 16.1 Å². The van der Waals surface area contributed by atoms with Gasteiger partial charge in [-0.2, -0.15) is 0 Å². The van der Waals surface area contributed by atoms with Gasteiger partial charge in [0.05, 0.1) is 7.11 Å². The van der Waals surface area contributed by atoms with E-state index in [1.807, 2.05) is 31.2 Å². The zero-order valence-corrected chi connectivity index (χ0v) is 14.4. The number of hydrogen-bond acceptors (Lipinski definition) is 4. The van der Waals surface area contributed by atoms with E-state index in [1.54, 1.807) is 27.9 Å². The smallest absolute Gasteiger partial charge is 0.408 e. The number of carbonyl (C=O) groups is 2. The lowest BCUT2D eigenvalue weighted by Gasteiger charge is -2.22. The van der Waals surface area contributed by atoms with E-state index in [-0.39, 0.29) is 5.91 Å². The highest BCUT2D eigenvalue weighted by atomic mass is 16.6. The summed E-state index contributed by atoms with van der Waals surface area (Å²) in [6.45, 7) is 7.54. The molecule has 6 nitrogen and oxygen atoms in total. The summed E-state index contributed by atoms with van der Waals surface area (Å²) in [5.74, 6) is 0.521. The number of nitrogens with one attached hydrogen (secondary N) is 2. The number of carbonyl (C=O) groups excluding carboxylic acids is 2. The molecule has 0 aromatic heterocycles. The minimum atomic E-state index is -0.622. The third kappa shape index (κ3) is 7.04. The van der Waals surface area contributed by atoms with Crippen molar-refractivity contribution in [3.63, 3.8) is 0 Å². The van der Waals surface area contributed by atoms with Gasteiger partial charge in [0.1, 0.15) is 17.4 Å². The number of hydrogen-bond donors (Lipinski definition) is 2. The van der Waals surface area contributed by atoms with Crippen molar-refractivity contribution in [1.82, 2.24) is 10.6 Å². The van der Waals surface area contributed by atoms with E-state index in [0.717, 1.165) is 11.3 Å². The van der Waals surface area contributed by atoms with Gasteiger partial charge in [-0.25, -0.2) is 4.79 Å². The van der Waals surface area contributed by atoms with Gasteiger partial charge in [0.15, 0.2) is 0 Å². The molecule has 1 atom stereocenters. The molecule has 0 saturated heterocycles. The van der Waals surface area contributed by atoms with Gasteiger partial charge in [0, 0.05) is 6.54 Å². The van der Waals surface area contributed by atoms with Crippen molar-refractivity contribution in [1.29, 1.82) is 0 Å². The van der Waals surface area contributed by atoms with Gasteiger partial charge in [0.2, 0.25) is 5.91 Å². The molecule has 0 aliphatic heterocycles. The highest BCUT2D eigenvalue weighted by molar-refractivity contribution is 5.85. The monoisotopic (exact) mass is 322 g/mol. The molecular formula is C17H26N2O4. The summed E-state index contributed by atoms with van der Waals surface area (Å²) in [4.78, 5) is 23.9. The van der Waals surface area contributed by atoms with Crippen molar-refractivity contribution in [2.45, 2.75) is 52.3 Å². The molecule has 0 bridgehead atoms. The molecule has 0 aliphatic carbocycles. The molecule has 0 unspecified atom stereocenters. The first-order valence-corrected chi connectivity index (χ1v) is 7.65. The van der Waals surface area contributed by atoms with Gasteiger partial charge in [-0.3, -0.25) is 4.79 Å². The van der Waals surface area contributed by atoms with Crippen LogP contribution in [0.4, 0.5) is 4.79 Å². The fourth-order valence-corrected chi connectivity index (χ4v) is 1.86. The van der Waals surface area contributed by atoms with Crippen LogP contribution >= 0.6 is 0 Å². The largest absolute Gasteiger partial charge is 0.497 e. The Morgan fingerprint density at radius 3 is 2.26 bits per heavy atom. The molecule has 2 amide bonds. The maximum absolute atomic E-state index is 12.2. The summed E-state index contributed by atoms with van der Waals surface area (Å²) in [5.41, 5.74) is 0.355. The van der Waals surface area contributed by atoms with E-state index in [1.165, 1.54) is 0 Å². The maximum atomic E-state index is 12.2. The van der Waals surface area contributed by atoms with E-state index >= 15 is 0 Å². The average Bonchev–Trinajstić information content (AvgIpc) is 2.49. The van der Waals surface area contributed by atoms with Crippen LogP contribution in [0, 0.1) is 0 Å². The standard InChI is InChI=1S/C17H26N2O4/c1-6-14(19-16(21)23-17(2,3)4)15(20)18-11-12-7-9-13(22-5)10-8-12/h7-10,14H,6,11H2,1-5H3,(H,18,20)(H,19,21)/t14-/m0/s1. The lowest BCUT2D eigenvalue weighted by atomic mass is 10.2. The van der Waals surface area contributed by atoms with Gasteiger partial charge in [-0.15, -0.1) is 0 Å². The van der Waals surface area contributed by atoms with Crippen LogP contribution in [0.1, 0.15) is 39.7 Å². The molecule has 0 radical (unpaired) electrons. The Balaban J connectivity index is 2.51. The Hall–Kier alpha value is -2.24. The van der Waals surface area contributed by atoms with Crippen LogP contribution in [0.25, 0.3) is 0 Å². The van der Waals surface area contributed by atoms with Crippen LogP contribution in [0.15, 0.2) is 24.3 Å². The van der Waals surface area contributed by atoms with E-state index in [9.17, 15) is 9.59 Å². The van der Waals surface area contributed by atoms with Gasteiger partial charge >= 0.3 is 6.09 Å². The Morgan fingerprint density at radius 2 is 1.78 bits per heavy atom. The van der Waals surface area contributed by atoms with E-state index in [0.29, 0.717) is 13.0 Å². The Labute approximate surface area is 137 Å². The predicted molar refractivity (Wildman–Crippen MR) is 88.3 cm³/mol. The summed E-state index contributed by atoms with van der Waals surface area (Å²) < 4.78 is 10.2. The number of alkyl carbamates (subject to hydrolysis) is 1. The maximum Gasteiger partial charge on any atom is 0.408 e. The molecule has 6 heteroatoms. The molecule has 2 N–H and O–H groups in total. The molecule has 23 heavy (non-hydrogen) atoms. The van der Waals surface area contributed by atoms with Gasteiger partial charge in [-0.1, -0.05) is 19.1 Å². The normalized spacial score (nSPS) is 12.2. The lowest BCUT2D eigenvalue weighted by Crippen LogP contribution is -2.47. The number of benzene rings is 1. The molecule has 1 rings (SSSR count). The van der Waals surface area contributed by atoms with Gasteiger partial charge < -0.3 is 20.1 Å². The zero-order chi connectivity index (χ0) is 17.5. The highest BCUT2D eigenvalue weighted by Gasteiger charge is 2.22. The van der Waals surface area contributed by atoms with Crippen LogP contribution < -0.4 is 15.4 Å². The lowest BCUT2D eigenvalue weighted by molar-refractivity contribution is -0.123. The molecule has 1 aromatic rings. The van der Waals surface area contributed by atoms with E-state index < -0.39 is 17.7 Å². The zero-order valence-electron chi connectivity index (χ0n) is 14.4. The number of rotatable bonds is 6. The number of methoxy groups -OCH3 is 1. The Morgan fingerprint density at radius 1 is 1.17 bits per heavy atom. The number of ether oxygens (including phenoxy) is 2. The minimum absolute atomic E-state index is 0.242. The molecule has 0 heterocycles. The molecule has 0 spiro atoms. The second-order valence-corrected chi connectivity index (χ2v) is 6.17. The topological polar surface area (TPSA) is 76.7 Å². The summed E-state index contributed by atoms with van der Waals surface area (Å²) in [6.07, 6.45) is -0.114.